The highest BCUT2D eigenvalue weighted by Gasteiger charge is 2.16. The van der Waals surface area contributed by atoms with Crippen molar-refractivity contribution in [1.29, 1.82) is 0 Å². The van der Waals surface area contributed by atoms with Gasteiger partial charge in [0.1, 0.15) is 18.0 Å². The molecule has 182 valence electrons. The second-order valence-electron chi connectivity index (χ2n) is 8.17. The summed E-state index contributed by atoms with van der Waals surface area (Å²) >= 11 is 0. The monoisotopic (exact) mass is 488 g/mol. The second-order valence-corrected chi connectivity index (χ2v) is 8.17. The average Bonchev–Trinajstić information content (AvgIpc) is 3.30. The Morgan fingerprint density at radius 2 is 1.75 bits per heavy atom. The number of anilines is 1. The van der Waals surface area contributed by atoms with Crippen LogP contribution in [0.4, 0.5) is 14.6 Å². The minimum absolute atomic E-state index is 0.0318. The highest BCUT2D eigenvalue weighted by molar-refractivity contribution is 5.85. The lowest BCUT2D eigenvalue weighted by atomic mass is 10.1. The fourth-order valence-corrected chi connectivity index (χ4v) is 3.90. The summed E-state index contributed by atoms with van der Waals surface area (Å²) in [6.45, 7) is 0.851. The van der Waals surface area contributed by atoms with Gasteiger partial charge in [-0.15, -0.1) is 0 Å². The van der Waals surface area contributed by atoms with Crippen molar-refractivity contribution in [2.24, 2.45) is 0 Å². The zero-order valence-corrected chi connectivity index (χ0v) is 19.4. The van der Waals surface area contributed by atoms with E-state index in [2.05, 4.69) is 20.4 Å². The van der Waals surface area contributed by atoms with Gasteiger partial charge >= 0.3 is 0 Å². The molecule has 36 heavy (non-hydrogen) atoms. The molecular weight excluding hydrogens is 466 g/mol. The molecule has 0 bridgehead atoms. The maximum absolute atomic E-state index is 14.5. The van der Waals surface area contributed by atoms with Crippen LogP contribution in [0.5, 0.6) is 5.75 Å². The Balaban J connectivity index is 1.31. The molecule has 10 heteroatoms. The number of benzene rings is 2. The van der Waals surface area contributed by atoms with Crippen molar-refractivity contribution in [2.75, 3.05) is 12.4 Å². The van der Waals surface area contributed by atoms with Crippen LogP contribution < -0.4 is 15.6 Å². The molecule has 0 aliphatic heterocycles. The molecule has 5 aromatic rings. The molecule has 0 saturated heterocycles. The first-order chi connectivity index (χ1) is 17.5. The Bertz CT molecular complexity index is 1580. The number of nitrogens with one attached hydrogen (secondary N) is 1. The summed E-state index contributed by atoms with van der Waals surface area (Å²) in [7, 11) is 1.33. The third kappa shape index (κ3) is 4.78. The molecule has 0 saturated carbocycles. The molecule has 0 amide bonds. The van der Waals surface area contributed by atoms with Crippen LogP contribution in [-0.4, -0.2) is 31.4 Å². The summed E-state index contributed by atoms with van der Waals surface area (Å²) in [4.78, 5) is 20.4. The fraction of sp³-hybridized carbons (Fsp3) is 0.154. The minimum Gasteiger partial charge on any atom is -0.494 e. The lowest BCUT2D eigenvalue weighted by molar-refractivity contribution is 0.381. The average molecular weight is 488 g/mol. The van der Waals surface area contributed by atoms with Gasteiger partial charge in [0, 0.05) is 30.6 Å². The molecule has 0 aliphatic carbocycles. The van der Waals surface area contributed by atoms with E-state index in [1.165, 1.54) is 25.6 Å². The van der Waals surface area contributed by atoms with Gasteiger partial charge in [0.15, 0.2) is 17.2 Å². The summed E-state index contributed by atoms with van der Waals surface area (Å²) in [5, 5.41) is 8.11. The molecule has 8 nitrogen and oxygen atoms in total. The van der Waals surface area contributed by atoms with Gasteiger partial charge in [-0.05, 0) is 29.3 Å². The van der Waals surface area contributed by atoms with E-state index in [-0.39, 0.29) is 23.4 Å². The summed E-state index contributed by atoms with van der Waals surface area (Å²) in [5.41, 5.74) is 2.28. The van der Waals surface area contributed by atoms with Gasteiger partial charge in [0.05, 0.1) is 25.6 Å². The number of nitrogens with zero attached hydrogens (tertiary/aromatic N) is 5. The molecule has 3 aromatic heterocycles. The van der Waals surface area contributed by atoms with Crippen LogP contribution in [0.15, 0.2) is 78.1 Å². The first-order valence-electron chi connectivity index (χ1n) is 11.2. The maximum atomic E-state index is 14.5. The number of methoxy groups -OCH3 is 1. The van der Waals surface area contributed by atoms with Crippen molar-refractivity contribution < 1.29 is 13.5 Å². The molecule has 5 rings (SSSR count). The largest absolute Gasteiger partial charge is 0.494 e. The number of aromatic nitrogens is 5. The Morgan fingerprint density at radius 1 is 0.972 bits per heavy atom. The van der Waals surface area contributed by atoms with E-state index in [9.17, 15) is 13.6 Å². The van der Waals surface area contributed by atoms with Crippen LogP contribution in [0.2, 0.25) is 0 Å². The number of rotatable bonds is 8. The quantitative estimate of drug-likeness (QED) is 0.356. The first kappa shape index (κ1) is 23.2. The lowest BCUT2D eigenvalue weighted by Crippen LogP contribution is -2.18. The number of hydrogen-bond donors (Lipinski definition) is 1. The second kappa shape index (κ2) is 9.95. The molecule has 0 radical (unpaired) electrons. The topological polar surface area (TPSA) is 86.9 Å². The Kier molecular flexibility index (Phi) is 6.40. The van der Waals surface area contributed by atoms with Gasteiger partial charge in [-0.3, -0.25) is 9.48 Å². The highest BCUT2D eigenvalue weighted by atomic mass is 19.1. The number of hydrogen-bond acceptors (Lipinski definition) is 6. The third-order valence-corrected chi connectivity index (χ3v) is 5.79. The normalized spacial score (nSPS) is 11.1. The van der Waals surface area contributed by atoms with Gasteiger partial charge in [-0.2, -0.15) is 5.10 Å². The molecule has 0 fully saturated rings. The van der Waals surface area contributed by atoms with Crippen LogP contribution in [0.1, 0.15) is 16.7 Å². The number of ether oxygens (including phenoxy) is 1. The number of pyridine rings is 1. The van der Waals surface area contributed by atoms with Crippen molar-refractivity contribution in [2.45, 2.75) is 19.6 Å². The molecular formula is C26H22F2N6O2. The van der Waals surface area contributed by atoms with Crippen LogP contribution in [0.25, 0.3) is 11.0 Å². The van der Waals surface area contributed by atoms with Gasteiger partial charge < -0.3 is 14.6 Å². The van der Waals surface area contributed by atoms with E-state index in [0.717, 1.165) is 17.2 Å². The van der Waals surface area contributed by atoms with Gasteiger partial charge in [0.25, 0.3) is 5.56 Å². The summed E-state index contributed by atoms with van der Waals surface area (Å²) < 4.78 is 37.0. The summed E-state index contributed by atoms with van der Waals surface area (Å²) in [5.74, 6) is -1.05. The molecule has 0 unspecified atom stereocenters. The number of halogens is 2. The lowest BCUT2D eigenvalue weighted by Gasteiger charge is -2.10. The Labute approximate surface area is 204 Å². The molecule has 2 aromatic carbocycles. The van der Waals surface area contributed by atoms with E-state index in [4.69, 9.17) is 4.74 Å². The molecule has 0 aliphatic rings. The van der Waals surface area contributed by atoms with Crippen LogP contribution >= 0.6 is 0 Å². The third-order valence-electron chi connectivity index (χ3n) is 5.79. The number of fused-ring (bicyclic) bond motifs is 1. The van der Waals surface area contributed by atoms with Gasteiger partial charge in [0.2, 0.25) is 0 Å². The fourth-order valence-electron chi connectivity index (χ4n) is 3.90. The molecule has 3 heterocycles. The smallest absolute Gasteiger partial charge is 0.250 e. The molecule has 0 atom stereocenters. The zero-order valence-electron chi connectivity index (χ0n) is 19.4. The van der Waals surface area contributed by atoms with Crippen molar-refractivity contribution in [3.05, 3.63) is 112 Å². The molecule has 0 spiro atoms. The van der Waals surface area contributed by atoms with Crippen LogP contribution in [0.3, 0.4) is 0 Å². The first-order valence-corrected chi connectivity index (χ1v) is 11.2. The van der Waals surface area contributed by atoms with Crippen LogP contribution in [0, 0.1) is 11.6 Å². The van der Waals surface area contributed by atoms with Crippen molar-refractivity contribution in [3.63, 3.8) is 0 Å². The predicted octanol–water partition coefficient (Wildman–Crippen LogP) is 3.98. The van der Waals surface area contributed by atoms with Crippen molar-refractivity contribution in [1.82, 2.24) is 24.3 Å². The van der Waals surface area contributed by atoms with E-state index in [1.54, 1.807) is 27.7 Å². The SMILES string of the molecule is COc1ccc(F)c(CNc2ncnc3nn(Cc4ccc(Cn5ccccc5=O)cc4)cc23)c1F. The van der Waals surface area contributed by atoms with Gasteiger partial charge in [-0.1, -0.05) is 30.3 Å². The van der Waals surface area contributed by atoms with E-state index in [1.807, 2.05) is 30.3 Å². The van der Waals surface area contributed by atoms with Crippen LogP contribution in [-0.2, 0) is 19.6 Å². The van der Waals surface area contributed by atoms with E-state index < -0.39 is 11.6 Å². The Morgan fingerprint density at radius 3 is 2.50 bits per heavy atom. The molecule has 1 N–H and O–H groups in total. The minimum atomic E-state index is -0.758. The van der Waals surface area contributed by atoms with E-state index >= 15 is 0 Å². The maximum Gasteiger partial charge on any atom is 0.250 e. The van der Waals surface area contributed by atoms with Gasteiger partial charge in [-0.25, -0.2) is 18.7 Å². The van der Waals surface area contributed by atoms with Crippen molar-refractivity contribution >= 4 is 16.9 Å². The summed E-state index contributed by atoms with van der Waals surface area (Å²) in [6, 6.07) is 15.4. The predicted molar refractivity (Wildman–Crippen MR) is 131 cm³/mol. The Hall–Kier alpha value is -4.60. The van der Waals surface area contributed by atoms with Crippen molar-refractivity contribution in [3.8, 4) is 5.75 Å². The zero-order chi connectivity index (χ0) is 25.1. The summed E-state index contributed by atoms with van der Waals surface area (Å²) in [6.07, 6.45) is 4.89. The highest BCUT2D eigenvalue weighted by Crippen LogP contribution is 2.25. The standard InChI is InChI=1S/C26H22F2N6O2/c1-36-22-10-9-21(27)19(24(22)28)12-29-25-20-15-34(32-26(20)31-16-30-25)14-18-7-5-17(6-8-18)13-33-11-3-2-4-23(33)35/h2-11,15-16H,12-14H2,1H3,(H,29,30,31,32). The van der Waals surface area contributed by atoms with E-state index in [0.29, 0.717) is 29.9 Å².